The highest BCUT2D eigenvalue weighted by Crippen LogP contribution is 2.16. The summed E-state index contributed by atoms with van der Waals surface area (Å²) in [4.78, 5) is 20.9. The van der Waals surface area contributed by atoms with Crippen molar-refractivity contribution in [2.24, 2.45) is 0 Å². The molecule has 0 aliphatic heterocycles. The lowest BCUT2D eigenvalue weighted by atomic mass is 10.1. The molecule has 0 spiro atoms. The molecule has 5 nitrogen and oxygen atoms in total. The molecule has 0 bridgehead atoms. The van der Waals surface area contributed by atoms with Crippen LogP contribution in [0.5, 0.6) is 0 Å². The number of carboxylic acid groups (broad SMARTS) is 1. The zero-order valence-electron chi connectivity index (χ0n) is 6.90. The molecule has 7 heteroatoms. The van der Waals surface area contributed by atoms with E-state index in [1.54, 1.807) is 6.07 Å². The van der Waals surface area contributed by atoms with Crippen molar-refractivity contribution in [3.05, 3.63) is 11.8 Å². The molecule has 1 aromatic rings. The SMILES string of the molecule is BC(=O)Nc1cc(CC(=O)O)ns1. The number of amides is 1. The van der Waals surface area contributed by atoms with Crippen LogP contribution in [0.3, 0.4) is 0 Å². The van der Waals surface area contributed by atoms with E-state index in [9.17, 15) is 9.59 Å². The third kappa shape index (κ3) is 3.24. The van der Waals surface area contributed by atoms with Crippen LogP contribution in [0, 0.1) is 0 Å². The number of aliphatic carboxylic acids is 1. The van der Waals surface area contributed by atoms with Gasteiger partial charge in [-0.2, -0.15) is 4.37 Å². The lowest BCUT2D eigenvalue weighted by Gasteiger charge is -1.92. The largest absolute Gasteiger partial charge is 0.481 e. The summed E-state index contributed by atoms with van der Waals surface area (Å²) < 4.78 is 3.86. The number of nitrogens with one attached hydrogen (secondary N) is 1. The Morgan fingerprint density at radius 2 is 2.38 bits per heavy atom. The fourth-order valence-corrected chi connectivity index (χ4v) is 1.49. The molecule has 0 aliphatic rings. The molecule has 68 valence electrons. The maximum Gasteiger partial charge on any atom is 0.309 e. The Bertz CT molecular complexity index is 308. The molecule has 0 fully saturated rings. The Labute approximate surface area is 79.3 Å². The highest BCUT2D eigenvalue weighted by molar-refractivity contribution is 7.10. The highest BCUT2D eigenvalue weighted by Gasteiger charge is 2.06. The van der Waals surface area contributed by atoms with Crippen molar-refractivity contribution < 1.29 is 14.7 Å². The van der Waals surface area contributed by atoms with Crippen LogP contribution < -0.4 is 5.32 Å². The summed E-state index contributed by atoms with van der Waals surface area (Å²) in [5.74, 6) is -1.12. The van der Waals surface area contributed by atoms with E-state index in [0.29, 0.717) is 10.7 Å². The molecule has 0 aromatic carbocycles. The molecule has 1 rings (SSSR count). The predicted octanol–water partition coefficient (Wildman–Crippen LogP) is -0.0648. The molecular weight excluding hydrogens is 191 g/mol. The molecule has 0 aliphatic carbocycles. The van der Waals surface area contributed by atoms with Crippen LogP contribution >= 0.6 is 11.5 Å². The molecule has 1 aromatic heterocycles. The van der Waals surface area contributed by atoms with Crippen molar-refractivity contribution in [3.8, 4) is 0 Å². The van der Waals surface area contributed by atoms with E-state index >= 15 is 0 Å². The Balaban J connectivity index is 2.63. The predicted molar refractivity (Wildman–Crippen MR) is 51.0 cm³/mol. The van der Waals surface area contributed by atoms with E-state index in [1.165, 1.54) is 7.85 Å². The first-order chi connectivity index (χ1) is 6.08. The van der Waals surface area contributed by atoms with Gasteiger partial charge in [-0.15, -0.1) is 0 Å². The molecule has 13 heavy (non-hydrogen) atoms. The van der Waals surface area contributed by atoms with Gasteiger partial charge in [0.15, 0.2) is 5.81 Å². The van der Waals surface area contributed by atoms with E-state index in [-0.39, 0.29) is 12.2 Å². The Hall–Kier alpha value is -1.37. The van der Waals surface area contributed by atoms with Gasteiger partial charge in [0.1, 0.15) is 5.00 Å². The van der Waals surface area contributed by atoms with Crippen LogP contribution in [0.1, 0.15) is 5.69 Å². The molecule has 0 atom stereocenters. The molecule has 2 N–H and O–H groups in total. The first kappa shape index (κ1) is 9.72. The average Bonchev–Trinajstić information content (AvgIpc) is 2.33. The standard InChI is InChI=1S/C6H7BN2O3S/c7-6(12)8-4-1-3(9-13-4)2-5(10)11/h1H,2,7H2,(H,8,12)(H,10,11). The van der Waals surface area contributed by atoms with Gasteiger partial charge in [0.25, 0.3) is 0 Å². The van der Waals surface area contributed by atoms with Crippen molar-refractivity contribution in [3.63, 3.8) is 0 Å². The maximum absolute atomic E-state index is 10.6. The van der Waals surface area contributed by atoms with Crippen molar-refractivity contribution in [2.75, 3.05) is 5.32 Å². The summed E-state index contributed by atoms with van der Waals surface area (Å²) in [7, 11) is 1.39. The molecule has 0 saturated heterocycles. The summed E-state index contributed by atoms with van der Waals surface area (Å²) in [5, 5.41) is 11.5. The maximum atomic E-state index is 10.6. The number of hydrogen-bond acceptors (Lipinski definition) is 4. The quantitative estimate of drug-likeness (QED) is 0.666. The number of carbonyl (C=O) groups excluding carboxylic acids is 1. The van der Waals surface area contributed by atoms with Crippen LogP contribution in [-0.4, -0.2) is 29.1 Å². The zero-order valence-corrected chi connectivity index (χ0v) is 7.72. The third-order valence-corrected chi connectivity index (χ3v) is 1.93. The summed E-state index contributed by atoms with van der Waals surface area (Å²) >= 11 is 1.07. The first-order valence-corrected chi connectivity index (χ1v) is 4.30. The van der Waals surface area contributed by atoms with Gasteiger partial charge < -0.3 is 10.4 Å². The average molecular weight is 198 g/mol. The summed E-state index contributed by atoms with van der Waals surface area (Å²) in [5.41, 5.74) is 0.459. The molecule has 0 unspecified atom stereocenters. The number of hydrogen-bond donors (Lipinski definition) is 2. The fourth-order valence-electron chi connectivity index (χ4n) is 0.782. The number of carboxylic acids is 1. The van der Waals surface area contributed by atoms with E-state index in [4.69, 9.17) is 5.11 Å². The normalized spacial score (nSPS) is 9.54. The number of carbonyl (C=O) groups is 2. The van der Waals surface area contributed by atoms with Gasteiger partial charge in [-0.3, -0.25) is 9.59 Å². The minimum Gasteiger partial charge on any atom is -0.481 e. The second-order valence-corrected chi connectivity index (χ2v) is 3.24. The number of nitrogens with zero attached hydrogens (tertiary/aromatic N) is 1. The van der Waals surface area contributed by atoms with Crippen LogP contribution in [0.4, 0.5) is 9.80 Å². The first-order valence-electron chi connectivity index (χ1n) is 3.53. The van der Waals surface area contributed by atoms with Crippen LogP contribution in [0.2, 0.25) is 0 Å². The fraction of sp³-hybridized carbons (Fsp3) is 0.167. The van der Waals surface area contributed by atoms with Crippen LogP contribution in [0.25, 0.3) is 0 Å². The zero-order chi connectivity index (χ0) is 9.84. The van der Waals surface area contributed by atoms with Crippen LogP contribution in [-0.2, 0) is 11.2 Å². The minimum absolute atomic E-state index is 0.115. The van der Waals surface area contributed by atoms with E-state index in [2.05, 4.69) is 9.69 Å². The van der Waals surface area contributed by atoms with Gasteiger partial charge in [0.2, 0.25) is 7.85 Å². The van der Waals surface area contributed by atoms with Crippen molar-refractivity contribution >= 4 is 36.2 Å². The Morgan fingerprint density at radius 1 is 1.69 bits per heavy atom. The lowest BCUT2D eigenvalue weighted by Crippen LogP contribution is -2.06. The van der Waals surface area contributed by atoms with Gasteiger partial charge in [0, 0.05) is 0 Å². The van der Waals surface area contributed by atoms with Crippen molar-refractivity contribution in [1.82, 2.24) is 4.37 Å². The number of anilines is 1. The van der Waals surface area contributed by atoms with Gasteiger partial charge in [-0.05, 0) is 17.6 Å². The van der Waals surface area contributed by atoms with E-state index in [1.807, 2.05) is 0 Å². The summed E-state index contributed by atoms with van der Waals surface area (Å²) in [6.07, 6.45) is -0.115. The monoisotopic (exact) mass is 198 g/mol. The smallest absolute Gasteiger partial charge is 0.309 e. The van der Waals surface area contributed by atoms with Crippen molar-refractivity contribution in [1.29, 1.82) is 0 Å². The third-order valence-electron chi connectivity index (χ3n) is 1.19. The van der Waals surface area contributed by atoms with Crippen LogP contribution in [0.15, 0.2) is 6.07 Å². The van der Waals surface area contributed by atoms with Crippen molar-refractivity contribution in [2.45, 2.75) is 6.42 Å². The minimum atomic E-state index is -0.931. The number of rotatable bonds is 3. The van der Waals surface area contributed by atoms with Gasteiger partial charge in [-0.1, -0.05) is 0 Å². The highest BCUT2D eigenvalue weighted by atomic mass is 32.1. The summed E-state index contributed by atoms with van der Waals surface area (Å²) in [6.45, 7) is 0. The second-order valence-electron chi connectivity index (χ2n) is 2.43. The van der Waals surface area contributed by atoms with Gasteiger partial charge >= 0.3 is 5.97 Å². The molecule has 0 saturated carbocycles. The Kier molecular flexibility index (Phi) is 3.02. The second kappa shape index (κ2) is 4.04. The van der Waals surface area contributed by atoms with Gasteiger partial charge in [0.05, 0.1) is 12.1 Å². The summed E-state index contributed by atoms with van der Waals surface area (Å²) in [6, 6.07) is 1.56. The lowest BCUT2D eigenvalue weighted by molar-refractivity contribution is -0.136. The molecule has 1 heterocycles. The molecule has 1 amide bonds. The van der Waals surface area contributed by atoms with E-state index in [0.717, 1.165) is 11.5 Å². The molecular formula is C6H7BN2O3S. The Morgan fingerprint density at radius 3 is 2.92 bits per heavy atom. The van der Waals surface area contributed by atoms with Gasteiger partial charge in [-0.25, -0.2) is 0 Å². The number of aromatic nitrogens is 1. The van der Waals surface area contributed by atoms with E-state index < -0.39 is 5.97 Å². The molecule has 0 radical (unpaired) electrons. The topological polar surface area (TPSA) is 79.3 Å².